The van der Waals surface area contributed by atoms with E-state index >= 15 is 0 Å². The van der Waals surface area contributed by atoms with E-state index in [4.69, 9.17) is 12.2 Å². The van der Waals surface area contributed by atoms with Crippen LogP contribution in [0.4, 0.5) is 11.5 Å². The van der Waals surface area contributed by atoms with E-state index in [9.17, 15) is 14.9 Å². The molecule has 1 unspecified atom stereocenters. The van der Waals surface area contributed by atoms with Gasteiger partial charge in [0.25, 0.3) is 11.5 Å². The van der Waals surface area contributed by atoms with Gasteiger partial charge in [0.2, 0.25) is 0 Å². The van der Waals surface area contributed by atoms with E-state index in [0.717, 1.165) is 76.1 Å². The zero-order valence-corrected chi connectivity index (χ0v) is 27.0. The minimum Gasteiger partial charge on any atom is -0.368 e. The molecular weight excluding hydrogens is 563 g/mol. The Morgan fingerprint density at radius 2 is 1.69 bits per heavy atom. The molecule has 2 aromatic rings. The fourth-order valence-electron chi connectivity index (χ4n) is 5.79. The molecule has 2 aliphatic rings. The van der Waals surface area contributed by atoms with E-state index in [0.29, 0.717) is 33.8 Å². The smallest absolute Gasteiger partial charge is 0.270 e. The molecule has 0 saturated carbocycles. The van der Waals surface area contributed by atoms with Crippen LogP contribution in [-0.2, 0) is 11.3 Å². The summed E-state index contributed by atoms with van der Waals surface area (Å²) in [5.74, 6) is 1.13. The van der Waals surface area contributed by atoms with Crippen molar-refractivity contribution in [1.82, 2.24) is 9.47 Å². The molecule has 0 radical (unpaired) electrons. The van der Waals surface area contributed by atoms with Crippen LogP contribution in [0.15, 0.2) is 40.0 Å². The molecule has 42 heavy (non-hydrogen) atoms. The van der Waals surface area contributed by atoms with Gasteiger partial charge < -0.3 is 9.80 Å². The lowest BCUT2D eigenvalue weighted by atomic mass is 9.99. The van der Waals surface area contributed by atoms with Gasteiger partial charge in [-0.3, -0.25) is 19.1 Å². The first-order valence-electron chi connectivity index (χ1n) is 15.3. The number of carbonyl (C=O) groups excluding carboxylic acids is 1. The van der Waals surface area contributed by atoms with Crippen molar-refractivity contribution in [3.8, 4) is 6.07 Å². The molecule has 0 spiro atoms. The van der Waals surface area contributed by atoms with Gasteiger partial charge in [0.1, 0.15) is 21.8 Å². The van der Waals surface area contributed by atoms with E-state index in [2.05, 4.69) is 60.9 Å². The average Bonchev–Trinajstić information content (AvgIpc) is 3.27. The summed E-state index contributed by atoms with van der Waals surface area (Å²) in [6, 6.07) is 12.5. The molecule has 1 aromatic heterocycles. The van der Waals surface area contributed by atoms with Gasteiger partial charge >= 0.3 is 0 Å². The molecule has 2 fully saturated rings. The quantitative estimate of drug-likeness (QED) is 0.200. The number of rotatable bonds is 12. The highest BCUT2D eigenvalue weighted by molar-refractivity contribution is 8.26. The van der Waals surface area contributed by atoms with Gasteiger partial charge in [-0.25, -0.2) is 0 Å². The summed E-state index contributed by atoms with van der Waals surface area (Å²) in [6.07, 6.45) is 7.99. The van der Waals surface area contributed by atoms with Crippen LogP contribution >= 0.6 is 24.0 Å². The van der Waals surface area contributed by atoms with Crippen LogP contribution in [0.2, 0.25) is 0 Å². The Bertz CT molecular complexity index is 1400. The first-order valence-corrected chi connectivity index (χ1v) is 16.5. The van der Waals surface area contributed by atoms with E-state index in [1.165, 1.54) is 17.4 Å². The second-order valence-electron chi connectivity index (χ2n) is 11.2. The molecule has 0 N–H and O–H groups in total. The Labute approximate surface area is 260 Å². The number of anilines is 2. The molecule has 3 heterocycles. The second kappa shape index (κ2) is 14.9. The Kier molecular flexibility index (Phi) is 11.3. The number of thiocarbonyl (C=S) groups is 1. The molecule has 4 rings (SSSR count). The summed E-state index contributed by atoms with van der Waals surface area (Å²) < 4.78 is 2.36. The fraction of sp³-hybridized carbons (Fsp3) is 0.515. The maximum atomic E-state index is 13.7. The van der Waals surface area contributed by atoms with Crippen molar-refractivity contribution in [3.05, 3.63) is 62.3 Å². The van der Waals surface area contributed by atoms with Gasteiger partial charge in [0.15, 0.2) is 0 Å². The molecule has 7 nitrogen and oxygen atoms in total. The number of benzene rings is 1. The molecule has 1 aromatic carbocycles. The Morgan fingerprint density at radius 3 is 2.31 bits per heavy atom. The van der Waals surface area contributed by atoms with Gasteiger partial charge in [-0.1, -0.05) is 88.6 Å². The zero-order chi connectivity index (χ0) is 30.2. The molecule has 1 atom stereocenters. The number of thioether (sulfide) groups is 1. The summed E-state index contributed by atoms with van der Waals surface area (Å²) >= 11 is 7.02. The van der Waals surface area contributed by atoms with Crippen LogP contribution in [0.5, 0.6) is 0 Å². The number of para-hydroxylation sites is 1. The van der Waals surface area contributed by atoms with Crippen molar-refractivity contribution < 1.29 is 4.79 Å². The van der Waals surface area contributed by atoms with Crippen molar-refractivity contribution in [1.29, 1.82) is 5.26 Å². The van der Waals surface area contributed by atoms with Crippen LogP contribution in [0.25, 0.3) is 6.08 Å². The normalized spacial score (nSPS) is 17.3. The number of nitrogens with zero attached hydrogens (tertiary/aromatic N) is 5. The highest BCUT2D eigenvalue weighted by Gasteiger charge is 2.34. The lowest BCUT2D eigenvalue weighted by Crippen LogP contribution is -2.48. The highest BCUT2D eigenvalue weighted by atomic mass is 32.2. The third-order valence-corrected chi connectivity index (χ3v) is 9.79. The van der Waals surface area contributed by atoms with Crippen LogP contribution in [0, 0.1) is 24.2 Å². The maximum absolute atomic E-state index is 13.7. The van der Waals surface area contributed by atoms with Gasteiger partial charge in [-0.2, -0.15) is 5.26 Å². The van der Waals surface area contributed by atoms with E-state index in [-0.39, 0.29) is 17.0 Å². The maximum Gasteiger partial charge on any atom is 0.270 e. The predicted molar refractivity (Wildman–Crippen MR) is 179 cm³/mol. The minimum atomic E-state index is -0.254. The number of hydrogen-bond donors (Lipinski definition) is 0. The highest BCUT2D eigenvalue weighted by Crippen LogP contribution is 2.37. The molecule has 0 bridgehead atoms. The molecule has 9 heteroatoms. The van der Waals surface area contributed by atoms with Crippen LogP contribution in [0.3, 0.4) is 0 Å². The Balaban J connectivity index is 1.74. The third-order valence-electron chi connectivity index (χ3n) is 8.42. The van der Waals surface area contributed by atoms with Crippen molar-refractivity contribution in [2.24, 2.45) is 5.92 Å². The number of amides is 1. The van der Waals surface area contributed by atoms with E-state index in [1.807, 2.05) is 19.1 Å². The summed E-state index contributed by atoms with van der Waals surface area (Å²) in [7, 11) is 0. The molecule has 1 amide bonds. The molecule has 2 aliphatic heterocycles. The number of pyridine rings is 1. The summed E-state index contributed by atoms with van der Waals surface area (Å²) in [4.78, 5) is 34.3. The number of unbranched alkanes of at least 4 members (excludes halogenated alkanes) is 2. The number of aromatic nitrogens is 1. The van der Waals surface area contributed by atoms with Crippen molar-refractivity contribution in [2.45, 2.75) is 72.8 Å². The lowest BCUT2D eigenvalue weighted by molar-refractivity contribution is -0.122. The summed E-state index contributed by atoms with van der Waals surface area (Å²) in [5.41, 5.74) is 2.47. The zero-order valence-electron chi connectivity index (χ0n) is 25.4. The number of hydrogen-bond acceptors (Lipinski definition) is 7. The van der Waals surface area contributed by atoms with Crippen LogP contribution in [-0.4, -0.2) is 52.4 Å². The summed E-state index contributed by atoms with van der Waals surface area (Å²) in [6.45, 7) is 12.5. The predicted octanol–water partition coefficient (Wildman–Crippen LogP) is 6.57. The lowest BCUT2D eigenvalue weighted by Gasteiger charge is -2.39. The average molecular weight is 606 g/mol. The van der Waals surface area contributed by atoms with E-state index in [1.54, 1.807) is 9.47 Å². The first-order chi connectivity index (χ1) is 20.3. The summed E-state index contributed by atoms with van der Waals surface area (Å²) in [5, 5.41) is 10.0. The molecular formula is C33H43N5O2S2. The SMILES string of the molecule is CCCCC(CC)CN1C(=O)/C(=C/c2c(C)c(C#N)c(=O)n(CCCC)c2N2CCN(c3ccccc3)CC2)SC1=S. The Hall–Kier alpha value is -3.09. The largest absolute Gasteiger partial charge is 0.368 e. The number of nitriles is 1. The van der Waals surface area contributed by atoms with Gasteiger partial charge in [0, 0.05) is 50.5 Å². The van der Waals surface area contributed by atoms with Gasteiger partial charge in [-0.05, 0) is 49.5 Å². The number of carbonyl (C=O) groups is 1. The standard InChI is InChI=1S/C33H43N5O2S2/c1-5-8-13-25(7-3)23-38-32(40)29(42-33(38)41)21-27-24(4)28(22-34)31(39)37(16-9-6-2)30(27)36-19-17-35(18-20-36)26-14-11-10-12-15-26/h10-12,14-15,21,25H,5-9,13,16-20,23H2,1-4H3/b29-21-. The fourth-order valence-corrected chi connectivity index (χ4v) is 7.04. The van der Waals surface area contributed by atoms with Crippen molar-refractivity contribution >= 4 is 51.8 Å². The van der Waals surface area contributed by atoms with Crippen LogP contribution < -0.4 is 15.4 Å². The minimum absolute atomic E-state index is 0.0796. The van der Waals surface area contributed by atoms with Gasteiger partial charge in [0.05, 0.1) is 4.91 Å². The first kappa shape index (κ1) is 31.8. The number of piperazine rings is 1. The molecule has 0 aliphatic carbocycles. The topological polar surface area (TPSA) is 72.6 Å². The monoisotopic (exact) mass is 605 g/mol. The molecule has 2 saturated heterocycles. The van der Waals surface area contributed by atoms with Crippen molar-refractivity contribution in [3.63, 3.8) is 0 Å². The van der Waals surface area contributed by atoms with Gasteiger partial charge in [-0.15, -0.1) is 0 Å². The Morgan fingerprint density at radius 1 is 1.02 bits per heavy atom. The molecule has 224 valence electrons. The third kappa shape index (κ3) is 6.92. The van der Waals surface area contributed by atoms with Crippen molar-refractivity contribution in [2.75, 3.05) is 42.5 Å². The van der Waals surface area contributed by atoms with Crippen LogP contribution in [0.1, 0.15) is 76.0 Å². The van der Waals surface area contributed by atoms with E-state index < -0.39 is 0 Å². The second-order valence-corrected chi connectivity index (χ2v) is 12.9.